The third-order valence-electron chi connectivity index (χ3n) is 2.30. The van der Waals surface area contributed by atoms with Gasteiger partial charge in [-0.1, -0.05) is 23.3 Å². The Balaban J connectivity index is 2.30. The molecule has 2 heteroatoms. The Morgan fingerprint density at radius 1 is 1.27 bits per heavy atom. The van der Waals surface area contributed by atoms with Crippen LogP contribution >= 0.6 is 0 Å². The average molecular weight is 204 g/mol. The Labute approximate surface area is 92.3 Å². The number of rotatable bonds is 5. The topological polar surface area (TPSA) is 17.8 Å². The minimum atomic E-state index is 0.931. The quantitative estimate of drug-likeness (QED) is 0.670. The first-order valence-electron chi connectivity index (χ1n) is 5.43. The van der Waals surface area contributed by atoms with Crippen LogP contribution in [0.15, 0.2) is 42.0 Å². The fourth-order valence-corrected chi connectivity index (χ4v) is 1.35. The molecule has 0 aliphatic heterocycles. The van der Waals surface area contributed by atoms with E-state index in [4.69, 9.17) is 0 Å². The van der Waals surface area contributed by atoms with Crippen molar-refractivity contribution in [1.82, 2.24) is 9.55 Å². The molecular weight excluding hydrogens is 184 g/mol. The van der Waals surface area contributed by atoms with Gasteiger partial charge in [-0.3, -0.25) is 0 Å². The number of aromatic nitrogens is 2. The summed E-state index contributed by atoms with van der Waals surface area (Å²) in [6.07, 6.45) is 12.5. The van der Waals surface area contributed by atoms with Crippen molar-refractivity contribution < 1.29 is 0 Å². The van der Waals surface area contributed by atoms with Crippen molar-refractivity contribution in [2.45, 2.75) is 40.2 Å². The van der Waals surface area contributed by atoms with E-state index >= 15 is 0 Å². The van der Waals surface area contributed by atoms with Crippen LogP contribution in [-0.2, 0) is 6.54 Å². The zero-order valence-electron chi connectivity index (χ0n) is 9.90. The summed E-state index contributed by atoms with van der Waals surface area (Å²) in [6, 6.07) is 0. The molecule has 1 aromatic rings. The summed E-state index contributed by atoms with van der Waals surface area (Å²) in [5.41, 5.74) is 2.85. The molecule has 0 aromatic carbocycles. The Bertz CT molecular complexity index is 327. The lowest BCUT2D eigenvalue weighted by atomic mass is 10.1. The minimum Gasteiger partial charge on any atom is -0.334 e. The molecule has 0 unspecified atom stereocenters. The number of hydrogen-bond acceptors (Lipinski definition) is 1. The summed E-state index contributed by atoms with van der Waals surface area (Å²) >= 11 is 0. The summed E-state index contributed by atoms with van der Waals surface area (Å²) in [5.74, 6) is 0. The lowest BCUT2D eigenvalue weighted by Gasteiger charge is -2.00. The number of nitrogens with zero attached hydrogens (tertiary/aromatic N) is 2. The molecule has 1 heterocycles. The third kappa shape index (κ3) is 5.21. The smallest absolute Gasteiger partial charge is 0.0948 e. The lowest BCUT2D eigenvalue weighted by Crippen LogP contribution is -1.91. The van der Waals surface area contributed by atoms with Gasteiger partial charge in [0.1, 0.15) is 0 Å². The second-order valence-electron chi connectivity index (χ2n) is 4.13. The van der Waals surface area contributed by atoms with Crippen LogP contribution in [0.3, 0.4) is 0 Å². The van der Waals surface area contributed by atoms with Crippen LogP contribution in [0, 0.1) is 0 Å². The average Bonchev–Trinajstić information content (AvgIpc) is 2.66. The number of imidazole rings is 1. The Morgan fingerprint density at radius 3 is 2.67 bits per heavy atom. The van der Waals surface area contributed by atoms with Gasteiger partial charge in [-0.15, -0.1) is 0 Å². The lowest BCUT2D eigenvalue weighted by molar-refractivity contribution is 0.805. The van der Waals surface area contributed by atoms with Crippen molar-refractivity contribution in [2.75, 3.05) is 0 Å². The van der Waals surface area contributed by atoms with Crippen molar-refractivity contribution in [3.8, 4) is 0 Å². The van der Waals surface area contributed by atoms with Gasteiger partial charge in [0.25, 0.3) is 0 Å². The summed E-state index contributed by atoms with van der Waals surface area (Å²) < 4.78 is 2.07. The summed E-state index contributed by atoms with van der Waals surface area (Å²) in [4.78, 5) is 4.01. The first kappa shape index (κ1) is 11.8. The van der Waals surface area contributed by atoms with E-state index in [9.17, 15) is 0 Å². The Morgan fingerprint density at radius 2 is 2.07 bits per heavy atom. The number of hydrogen-bond donors (Lipinski definition) is 0. The summed E-state index contributed by atoms with van der Waals surface area (Å²) in [7, 11) is 0. The van der Waals surface area contributed by atoms with Gasteiger partial charge < -0.3 is 4.57 Å². The zero-order chi connectivity index (χ0) is 11.1. The minimum absolute atomic E-state index is 0.931. The molecule has 2 nitrogen and oxygen atoms in total. The van der Waals surface area contributed by atoms with Crippen molar-refractivity contribution >= 4 is 0 Å². The maximum absolute atomic E-state index is 4.01. The predicted octanol–water partition coefficient (Wildman–Crippen LogP) is 3.58. The van der Waals surface area contributed by atoms with Crippen molar-refractivity contribution in [3.63, 3.8) is 0 Å². The second kappa shape index (κ2) is 6.23. The monoisotopic (exact) mass is 204 g/mol. The molecule has 15 heavy (non-hydrogen) atoms. The standard InChI is InChI=1S/C13H20N2/c1-12(2)5-4-6-13(3)7-9-15-10-8-14-11-15/h5,7-8,10-11H,4,6,9H2,1-3H3. The first-order valence-corrected chi connectivity index (χ1v) is 5.43. The van der Waals surface area contributed by atoms with E-state index in [1.807, 2.05) is 18.7 Å². The highest BCUT2D eigenvalue weighted by molar-refractivity contribution is 5.02. The molecule has 0 atom stereocenters. The largest absolute Gasteiger partial charge is 0.334 e. The molecule has 82 valence electrons. The van der Waals surface area contributed by atoms with Gasteiger partial charge in [0.2, 0.25) is 0 Å². The molecule has 0 amide bonds. The van der Waals surface area contributed by atoms with Crippen molar-refractivity contribution in [3.05, 3.63) is 42.0 Å². The highest BCUT2D eigenvalue weighted by atomic mass is 15.0. The van der Waals surface area contributed by atoms with Gasteiger partial charge in [0, 0.05) is 18.9 Å². The van der Waals surface area contributed by atoms with Crippen LogP contribution in [0.4, 0.5) is 0 Å². The van der Waals surface area contributed by atoms with E-state index in [2.05, 4.69) is 42.5 Å². The molecule has 0 saturated carbocycles. The maximum atomic E-state index is 4.01. The van der Waals surface area contributed by atoms with E-state index in [1.54, 1.807) is 0 Å². The first-order chi connectivity index (χ1) is 7.18. The van der Waals surface area contributed by atoms with E-state index in [0.29, 0.717) is 0 Å². The molecule has 0 spiro atoms. The fourth-order valence-electron chi connectivity index (χ4n) is 1.35. The highest BCUT2D eigenvalue weighted by Gasteiger charge is 1.90. The van der Waals surface area contributed by atoms with Gasteiger partial charge in [0.05, 0.1) is 6.33 Å². The molecule has 0 saturated heterocycles. The summed E-state index contributed by atoms with van der Waals surface area (Å²) in [5, 5.41) is 0. The van der Waals surface area contributed by atoms with Crippen LogP contribution in [0.1, 0.15) is 33.6 Å². The van der Waals surface area contributed by atoms with Crippen LogP contribution < -0.4 is 0 Å². The van der Waals surface area contributed by atoms with Crippen molar-refractivity contribution in [1.29, 1.82) is 0 Å². The molecule has 0 radical (unpaired) electrons. The van der Waals surface area contributed by atoms with E-state index in [0.717, 1.165) is 19.4 Å². The summed E-state index contributed by atoms with van der Waals surface area (Å²) in [6.45, 7) is 7.41. The maximum Gasteiger partial charge on any atom is 0.0948 e. The molecule has 1 rings (SSSR count). The number of allylic oxidation sites excluding steroid dienone is 4. The van der Waals surface area contributed by atoms with Crippen LogP contribution in [-0.4, -0.2) is 9.55 Å². The normalized spacial score (nSPS) is 11.5. The van der Waals surface area contributed by atoms with E-state index in [-0.39, 0.29) is 0 Å². The van der Waals surface area contributed by atoms with Gasteiger partial charge >= 0.3 is 0 Å². The highest BCUT2D eigenvalue weighted by Crippen LogP contribution is 2.06. The molecule has 0 N–H and O–H groups in total. The van der Waals surface area contributed by atoms with Crippen LogP contribution in [0.2, 0.25) is 0 Å². The van der Waals surface area contributed by atoms with Gasteiger partial charge in [-0.2, -0.15) is 0 Å². The molecule has 0 aliphatic carbocycles. The van der Waals surface area contributed by atoms with Gasteiger partial charge in [-0.05, 0) is 33.6 Å². The van der Waals surface area contributed by atoms with E-state index in [1.165, 1.54) is 11.1 Å². The van der Waals surface area contributed by atoms with E-state index < -0.39 is 0 Å². The Hall–Kier alpha value is -1.31. The zero-order valence-corrected chi connectivity index (χ0v) is 9.90. The fraction of sp³-hybridized carbons (Fsp3) is 0.462. The second-order valence-corrected chi connectivity index (χ2v) is 4.13. The Kier molecular flexibility index (Phi) is 4.88. The molecule has 0 fully saturated rings. The molecular formula is C13H20N2. The van der Waals surface area contributed by atoms with Crippen LogP contribution in [0.25, 0.3) is 0 Å². The molecule has 0 bridgehead atoms. The molecule has 0 aliphatic rings. The van der Waals surface area contributed by atoms with Crippen LogP contribution in [0.5, 0.6) is 0 Å². The SMILES string of the molecule is CC(C)=CCCC(C)=CCn1ccnc1. The third-order valence-corrected chi connectivity index (χ3v) is 2.30. The molecule has 1 aromatic heterocycles. The van der Waals surface area contributed by atoms with Crippen molar-refractivity contribution in [2.24, 2.45) is 0 Å². The van der Waals surface area contributed by atoms with Gasteiger partial charge in [0.15, 0.2) is 0 Å². The predicted molar refractivity (Wildman–Crippen MR) is 64.6 cm³/mol. The van der Waals surface area contributed by atoms with Gasteiger partial charge in [-0.25, -0.2) is 4.98 Å².